The van der Waals surface area contributed by atoms with E-state index in [-0.39, 0.29) is 5.92 Å². The number of carbonyl (C=O) groups excluding carboxylic acids is 1. The topological polar surface area (TPSA) is 57.5 Å². The average Bonchev–Trinajstić information content (AvgIpc) is 2.17. The summed E-state index contributed by atoms with van der Waals surface area (Å²) in [6.07, 6.45) is -0.652. The van der Waals surface area contributed by atoms with Crippen LogP contribution in [-0.4, -0.2) is 28.2 Å². The van der Waals surface area contributed by atoms with Gasteiger partial charge in [0.2, 0.25) is 0 Å². The molecule has 3 atom stereocenters. The number of Topliss-reactive ketones (excluding diaryl/α,β-unsaturated/α-hetero) is 1. The van der Waals surface area contributed by atoms with Gasteiger partial charge in [0.25, 0.3) is 0 Å². The Balaban J connectivity index is 2.61. The lowest BCUT2D eigenvalue weighted by Gasteiger charge is -2.07. The molecule has 3 nitrogen and oxygen atoms in total. The molecule has 2 N–H and O–H groups in total. The van der Waals surface area contributed by atoms with Gasteiger partial charge in [0, 0.05) is 0 Å². The van der Waals surface area contributed by atoms with Gasteiger partial charge in [-0.2, -0.15) is 0 Å². The zero-order valence-electron chi connectivity index (χ0n) is 5.95. The summed E-state index contributed by atoms with van der Waals surface area (Å²) in [7, 11) is 0. The molecule has 0 radical (unpaired) electrons. The fourth-order valence-corrected chi connectivity index (χ4v) is 1.35. The fourth-order valence-electron chi connectivity index (χ4n) is 1.35. The number of rotatable bonds is 1. The van der Waals surface area contributed by atoms with Crippen LogP contribution >= 0.6 is 0 Å². The summed E-state index contributed by atoms with van der Waals surface area (Å²) >= 11 is 0. The first-order valence-electron chi connectivity index (χ1n) is 3.56. The Morgan fingerprint density at radius 1 is 1.60 bits per heavy atom. The van der Waals surface area contributed by atoms with Gasteiger partial charge in [0.15, 0.2) is 5.78 Å². The van der Waals surface area contributed by atoms with Crippen LogP contribution in [0, 0.1) is 5.92 Å². The third-order valence-electron chi connectivity index (χ3n) is 2.12. The van der Waals surface area contributed by atoms with Gasteiger partial charge in [0.05, 0.1) is 0 Å². The minimum Gasteiger partial charge on any atom is -0.385 e. The van der Waals surface area contributed by atoms with Gasteiger partial charge in [-0.25, -0.2) is 0 Å². The molecule has 1 fully saturated rings. The van der Waals surface area contributed by atoms with Crippen molar-refractivity contribution < 1.29 is 15.0 Å². The van der Waals surface area contributed by atoms with Crippen LogP contribution < -0.4 is 0 Å². The molecule has 3 unspecified atom stereocenters. The first-order valence-corrected chi connectivity index (χ1v) is 3.56. The van der Waals surface area contributed by atoms with E-state index in [1.54, 1.807) is 0 Å². The first-order chi connectivity index (χ1) is 4.66. The fraction of sp³-hybridized carbons (Fsp3) is 0.857. The highest BCUT2D eigenvalue weighted by Crippen LogP contribution is 2.25. The molecule has 10 heavy (non-hydrogen) atoms. The molecule has 0 aromatic carbocycles. The molecule has 0 amide bonds. The van der Waals surface area contributed by atoms with Gasteiger partial charge < -0.3 is 10.2 Å². The highest BCUT2D eigenvalue weighted by molar-refractivity contribution is 5.89. The largest absolute Gasteiger partial charge is 0.385 e. The Hall–Kier alpha value is -0.410. The molecule has 1 aliphatic carbocycles. The lowest BCUT2D eigenvalue weighted by atomic mass is 10.0. The monoisotopic (exact) mass is 144 g/mol. The van der Waals surface area contributed by atoms with Crippen molar-refractivity contribution >= 4 is 5.78 Å². The van der Waals surface area contributed by atoms with Crippen LogP contribution in [-0.2, 0) is 4.79 Å². The van der Waals surface area contributed by atoms with E-state index >= 15 is 0 Å². The first kappa shape index (κ1) is 7.69. The van der Waals surface area contributed by atoms with Gasteiger partial charge in [-0.3, -0.25) is 4.79 Å². The number of carbonyl (C=O) groups is 1. The summed E-state index contributed by atoms with van der Waals surface area (Å²) in [5.41, 5.74) is 0. The maximum absolute atomic E-state index is 10.8. The van der Waals surface area contributed by atoms with Crippen LogP contribution in [0.1, 0.15) is 19.8 Å². The van der Waals surface area contributed by atoms with E-state index in [4.69, 9.17) is 10.2 Å². The quantitative estimate of drug-likeness (QED) is 0.531. The highest BCUT2D eigenvalue weighted by atomic mass is 16.3. The summed E-state index contributed by atoms with van der Waals surface area (Å²) < 4.78 is 0. The number of ketones is 1. The number of hydrogen-bond donors (Lipinski definition) is 2. The molecule has 0 spiro atoms. The Morgan fingerprint density at radius 2 is 2.20 bits per heavy atom. The van der Waals surface area contributed by atoms with E-state index in [9.17, 15) is 4.79 Å². The Kier molecular flexibility index (Phi) is 2.06. The van der Waals surface area contributed by atoms with Crippen molar-refractivity contribution in [1.82, 2.24) is 0 Å². The SMILES string of the molecule is CCC1CC(O)C(=O)C1O. The maximum Gasteiger partial charge on any atom is 0.189 e. The third-order valence-corrected chi connectivity index (χ3v) is 2.12. The van der Waals surface area contributed by atoms with E-state index in [0.717, 1.165) is 6.42 Å². The molecule has 1 saturated carbocycles. The summed E-state index contributed by atoms with van der Waals surface area (Å²) in [5.74, 6) is -0.436. The zero-order chi connectivity index (χ0) is 7.72. The van der Waals surface area contributed by atoms with Crippen molar-refractivity contribution in [3.8, 4) is 0 Å². The van der Waals surface area contributed by atoms with Crippen molar-refractivity contribution in [2.24, 2.45) is 5.92 Å². The van der Waals surface area contributed by atoms with Crippen LogP contribution in [0.15, 0.2) is 0 Å². The molecular weight excluding hydrogens is 132 g/mol. The van der Waals surface area contributed by atoms with Crippen molar-refractivity contribution in [3.63, 3.8) is 0 Å². The van der Waals surface area contributed by atoms with Crippen molar-refractivity contribution in [1.29, 1.82) is 0 Å². The number of aliphatic hydroxyl groups is 2. The molecule has 3 heteroatoms. The summed E-state index contributed by atoms with van der Waals surface area (Å²) in [5, 5.41) is 18.1. The van der Waals surface area contributed by atoms with Gasteiger partial charge in [0.1, 0.15) is 12.2 Å². The van der Waals surface area contributed by atoms with Gasteiger partial charge in [-0.05, 0) is 12.3 Å². The Labute approximate surface area is 59.7 Å². The molecule has 0 bridgehead atoms. The minimum atomic E-state index is -0.917. The maximum atomic E-state index is 10.8. The molecular formula is C7H12O3. The van der Waals surface area contributed by atoms with Crippen LogP contribution in [0.2, 0.25) is 0 Å². The number of aliphatic hydroxyl groups excluding tert-OH is 2. The highest BCUT2D eigenvalue weighted by Gasteiger charge is 2.38. The lowest BCUT2D eigenvalue weighted by Crippen LogP contribution is -2.24. The van der Waals surface area contributed by atoms with Crippen LogP contribution in [0.25, 0.3) is 0 Å². The normalized spacial score (nSPS) is 40.7. The predicted octanol–water partition coefficient (Wildman–Crippen LogP) is -0.293. The lowest BCUT2D eigenvalue weighted by molar-refractivity contribution is -0.131. The Bertz CT molecular complexity index is 144. The summed E-state index contributed by atoms with van der Waals surface area (Å²) in [6.45, 7) is 1.90. The summed E-state index contributed by atoms with van der Waals surface area (Å²) in [4.78, 5) is 10.8. The van der Waals surface area contributed by atoms with E-state index < -0.39 is 18.0 Å². The van der Waals surface area contributed by atoms with Gasteiger partial charge in [-0.1, -0.05) is 13.3 Å². The van der Waals surface area contributed by atoms with Crippen molar-refractivity contribution in [2.45, 2.75) is 32.0 Å². The van der Waals surface area contributed by atoms with E-state index in [0.29, 0.717) is 6.42 Å². The van der Waals surface area contributed by atoms with Crippen molar-refractivity contribution in [3.05, 3.63) is 0 Å². The van der Waals surface area contributed by atoms with E-state index in [1.165, 1.54) is 0 Å². The second-order valence-electron chi connectivity index (χ2n) is 2.77. The predicted molar refractivity (Wildman–Crippen MR) is 35.4 cm³/mol. The Morgan fingerprint density at radius 3 is 2.40 bits per heavy atom. The average molecular weight is 144 g/mol. The molecule has 0 aromatic rings. The second kappa shape index (κ2) is 2.68. The van der Waals surface area contributed by atoms with Crippen LogP contribution in [0.5, 0.6) is 0 Å². The van der Waals surface area contributed by atoms with E-state index in [2.05, 4.69) is 0 Å². The summed E-state index contributed by atoms with van der Waals surface area (Å²) in [6, 6.07) is 0. The molecule has 0 heterocycles. The zero-order valence-corrected chi connectivity index (χ0v) is 5.95. The van der Waals surface area contributed by atoms with E-state index in [1.807, 2.05) is 6.92 Å². The molecule has 0 saturated heterocycles. The molecule has 58 valence electrons. The standard InChI is InChI=1S/C7H12O3/c1-2-4-3-5(8)7(10)6(4)9/h4-6,8-9H,2-3H2,1H3. The minimum absolute atomic E-state index is 0.0255. The van der Waals surface area contributed by atoms with Gasteiger partial charge in [-0.15, -0.1) is 0 Å². The second-order valence-corrected chi connectivity index (χ2v) is 2.77. The molecule has 0 aliphatic heterocycles. The van der Waals surface area contributed by atoms with Crippen LogP contribution in [0.4, 0.5) is 0 Å². The van der Waals surface area contributed by atoms with Gasteiger partial charge >= 0.3 is 0 Å². The third kappa shape index (κ3) is 1.07. The molecule has 1 aliphatic rings. The van der Waals surface area contributed by atoms with Crippen LogP contribution in [0.3, 0.4) is 0 Å². The number of hydrogen-bond acceptors (Lipinski definition) is 3. The van der Waals surface area contributed by atoms with Crippen molar-refractivity contribution in [2.75, 3.05) is 0 Å². The molecule has 1 rings (SSSR count). The smallest absolute Gasteiger partial charge is 0.189 e. The molecule has 0 aromatic heterocycles.